The summed E-state index contributed by atoms with van der Waals surface area (Å²) in [6.07, 6.45) is 0.998. The zero-order valence-electron chi connectivity index (χ0n) is 13.7. The molecule has 0 spiro atoms. The van der Waals surface area contributed by atoms with E-state index in [4.69, 9.17) is 14.2 Å². The van der Waals surface area contributed by atoms with Gasteiger partial charge in [-0.25, -0.2) is 0 Å². The summed E-state index contributed by atoms with van der Waals surface area (Å²) in [6.45, 7) is 4.38. The van der Waals surface area contributed by atoms with E-state index in [-0.39, 0.29) is 30.9 Å². The van der Waals surface area contributed by atoms with Gasteiger partial charge in [0, 0.05) is 44.5 Å². The van der Waals surface area contributed by atoms with Crippen LogP contribution < -0.4 is 19.7 Å². The molecular weight excluding hydrogens is 312 g/mol. The van der Waals surface area contributed by atoms with E-state index in [2.05, 4.69) is 5.32 Å². The number of hydrogen-bond donors (Lipinski definition) is 1. The monoisotopic (exact) mass is 334 g/mol. The van der Waals surface area contributed by atoms with Crippen LogP contribution in [0.15, 0.2) is 18.2 Å². The van der Waals surface area contributed by atoms with Crippen LogP contribution >= 0.6 is 0 Å². The highest BCUT2D eigenvalue weighted by Crippen LogP contribution is 2.37. The summed E-state index contributed by atoms with van der Waals surface area (Å²) >= 11 is 0. The largest absolute Gasteiger partial charge is 0.454 e. The highest BCUT2D eigenvalue weighted by molar-refractivity contribution is 6.00. The molecule has 1 saturated heterocycles. The molecule has 0 radical (unpaired) electrons. The molecule has 0 aromatic heterocycles. The van der Waals surface area contributed by atoms with Crippen LogP contribution in [0.4, 0.5) is 5.69 Å². The van der Waals surface area contributed by atoms with E-state index in [9.17, 15) is 9.59 Å². The van der Waals surface area contributed by atoms with E-state index >= 15 is 0 Å². The van der Waals surface area contributed by atoms with E-state index in [1.165, 1.54) is 0 Å². The molecule has 0 bridgehead atoms. The molecule has 7 nitrogen and oxygen atoms in total. The summed E-state index contributed by atoms with van der Waals surface area (Å²) in [5, 5.41) is 2.88. The number of nitrogens with zero attached hydrogens (tertiary/aromatic N) is 1. The maximum absolute atomic E-state index is 12.3. The summed E-state index contributed by atoms with van der Waals surface area (Å²) in [7, 11) is 0. The molecule has 2 amide bonds. The van der Waals surface area contributed by atoms with Crippen molar-refractivity contribution >= 4 is 17.5 Å². The van der Waals surface area contributed by atoms with Crippen LogP contribution in [0.3, 0.4) is 0 Å². The lowest BCUT2D eigenvalue weighted by atomic mass is 10.1. The third-order valence-corrected chi connectivity index (χ3v) is 4.13. The maximum atomic E-state index is 12.3. The SMILES string of the molecule is CCOCCCNC(=O)C1CC(=O)N(c2ccc3c(c2)OCO3)C1. The number of anilines is 1. The molecule has 24 heavy (non-hydrogen) atoms. The summed E-state index contributed by atoms with van der Waals surface area (Å²) in [5.41, 5.74) is 0.732. The first-order chi connectivity index (χ1) is 11.7. The molecule has 1 unspecified atom stereocenters. The van der Waals surface area contributed by atoms with Gasteiger partial charge in [-0.1, -0.05) is 0 Å². The molecule has 1 atom stereocenters. The van der Waals surface area contributed by atoms with Gasteiger partial charge in [-0.3, -0.25) is 9.59 Å². The van der Waals surface area contributed by atoms with Crippen molar-refractivity contribution in [2.45, 2.75) is 19.8 Å². The summed E-state index contributed by atoms with van der Waals surface area (Å²) in [5.74, 6) is 0.847. The highest BCUT2D eigenvalue weighted by Gasteiger charge is 2.35. The van der Waals surface area contributed by atoms with Crippen molar-refractivity contribution in [3.05, 3.63) is 18.2 Å². The minimum Gasteiger partial charge on any atom is -0.454 e. The van der Waals surface area contributed by atoms with Gasteiger partial charge in [-0.15, -0.1) is 0 Å². The predicted molar refractivity (Wildman–Crippen MR) is 87.1 cm³/mol. The number of amides is 2. The lowest BCUT2D eigenvalue weighted by Gasteiger charge is -2.17. The summed E-state index contributed by atoms with van der Waals surface area (Å²) in [4.78, 5) is 26.1. The molecule has 0 aliphatic carbocycles. The van der Waals surface area contributed by atoms with Crippen LogP contribution in [0.1, 0.15) is 19.8 Å². The first-order valence-corrected chi connectivity index (χ1v) is 8.24. The van der Waals surface area contributed by atoms with Gasteiger partial charge in [0.05, 0.1) is 5.92 Å². The third kappa shape index (κ3) is 3.62. The van der Waals surface area contributed by atoms with Crippen LogP contribution in [0.5, 0.6) is 11.5 Å². The Kier molecular flexibility index (Phi) is 5.20. The van der Waals surface area contributed by atoms with E-state index in [0.29, 0.717) is 37.8 Å². The van der Waals surface area contributed by atoms with Crippen LogP contribution in [-0.2, 0) is 14.3 Å². The molecule has 0 saturated carbocycles. The van der Waals surface area contributed by atoms with Crippen molar-refractivity contribution in [3.63, 3.8) is 0 Å². The van der Waals surface area contributed by atoms with Crippen molar-refractivity contribution in [2.24, 2.45) is 5.92 Å². The summed E-state index contributed by atoms with van der Waals surface area (Å²) < 4.78 is 15.9. The average molecular weight is 334 g/mol. The fourth-order valence-corrected chi connectivity index (χ4v) is 2.86. The Balaban J connectivity index is 1.54. The molecule has 7 heteroatoms. The number of rotatable bonds is 7. The average Bonchev–Trinajstić information content (AvgIpc) is 3.20. The Morgan fingerprint density at radius 3 is 3.04 bits per heavy atom. The Hall–Kier alpha value is -2.28. The van der Waals surface area contributed by atoms with E-state index in [1.54, 1.807) is 17.0 Å². The number of carbonyl (C=O) groups excluding carboxylic acids is 2. The fourth-order valence-electron chi connectivity index (χ4n) is 2.86. The van der Waals surface area contributed by atoms with E-state index in [0.717, 1.165) is 12.1 Å². The van der Waals surface area contributed by atoms with Crippen molar-refractivity contribution in [1.82, 2.24) is 5.32 Å². The van der Waals surface area contributed by atoms with Crippen molar-refractivity contribution in [2.75, 3.05) is 38.0 Å². The van der Waals surface area contributed by atoms with E-state index in [1.807, 2.05) is 13.0 Å². The second kappa shape index (κ2) is 7.53. The molecule has 1 aromatic carbocycles. The van der Waals surface area contributed by atoms with Gasteiger partial charge in [-0.2, -0.15) is 0 Å². The number of carbonyl (C=O) groups is 2. The molecular formula is C17H22N2O5. The number of fused-ring (bicyclic) bond motifs is 1. The van der Waals surface area contributed by atoms with Gasteiger partial charge in [-0.05, 0) is 25.5 Å². The molecule has 1 aromatic rings. The van der Waals surface area contributed by atoms with E-state index < -0.39 is 0 Å². The minimum atomic E-state index is -0.324. The number of benzene rings is 1. The molecule has 3 rings (SSSR count). The molecule has 1 N–H and O–H groups in total. The second-order valence-electron chi connectivity index (χ2n) is 5.78. The first-order valence-electron chi connectivity index (χ1n) is 8.24. The van der Waals surface area contributed by atoms with Crippen molar-refractivity contribution in [3.8, 4) is 11.5 Å². The van der Waals surface area contributed by atoms with Gasteiger partial charge in [0.1, 0.15) is 0 Å². The van der Waals surface area contributed by atoms with Gasteiger partial charge in [0.15, 0.2) is 11.5 Å². The fraction of sp³-hybridized carbons (Fsp3) is 0.529. The Labute approximate surface area is 140 Å². The van der Waals surface area contributed by atoms with Crippen LogP contribution in [0.2, 0.25) is 0 Å². The lowest BCUT2D eigenvalue weighted by Crippen LogP contribution is -2.33. The molecule has 2 heterocycles. The van der Waals surface area contributed by atoms with Crippen molar-refractivity contribution in [1.29, 1.82) is 0 Å². The topological polar surface area (TPSA) is 77.1 Å². The maximum Gasteiger partial charge on any atom is 0.231 e. The lowest BCUT2D eigenvalue weighted by molar-refractivity contribution is -0.126. The Morgan fingerprint density at radius 2 is 2.21 bits per heavy atom. The Morgan fingerprint density at radius 1 is 1.38 bits per heavy atom. The second-order valence-corrected chi connectivity index (χ2v) is 5.78. The summed E-state index contributed by atoms with van der Waals surface area (Å²) in [6, 6.07) is 5.38. The smallest absolute Gasteiger partial charge is 0.231 e. The molecule has 1 fully saturated rings. The zero-order valence-corrected chi connectivity index (χ0v) is 13.7. The molecule has 2 aliphatic heterocycles. The van der Waals surface area contributed by atoms with Gasteiger partial charge in [0.2, 0.25) is 18.6 Å². The number of ether oxygens (including phenoxy) is 3. The molecule has 130 valence electrons. The standard InChI is InChI=1S/C17H22N2O5/c1-2-22-7-3-6-18-17(21)12-8-16(20)19(10-12)13-4-5-14-15(9-13)24-11-23-14/h4-5,9,12H,2-3,6-8,10-11H2,1H3,(H,18,21). The van der Waals surface area contributed by atoms with Gasteiger partial charge >= 0.3 is 0 Å². The van der Waals surface area contributed by atoms with Gasteiger partial charge < -0.3 is 24.4 Å². The first kappa shape index (κ1) is 16.6. The van der Waals surface area contributed by atoms with Crippen LogP contribution in [0, 0.1) is 5.92 Å². The van der Waals surface area contributed by atoms with Crippen LogP contribution in [-0.4, -0.2) is 44.9 Å². The number of nitrogens with one attached hydrogen (secondary N) is 1. The third-order valence-electron chi connectivity index (χ3n) is 4.13. The van der Waals surface area contributed by atoms with Gasteiger partial charge in [0.25, 0.3) is 0 Å². The predicted octanol–water partition coefficient (Wildman–Crippen LogP) is 1.31. The van der Waals surface area contributed by atoms with Crippen molar-refractivity contribution < 1.29 is 23.8 Å². The normalized spacial score (nSPS) is 19.0. The number of hydrogen-bond acceptors (Lipinski definition) is 5. The highest BCUT2D eigenvalue weighted by atomic mass is 16.7. The zero-order chi connectivity index (χ0) is 16.9. The minimum absolute atomic E-state index is 0.0525. The quantitative estimate of drug-likeness (QED) is 0.761. The Bertz CT molecular complexity index is 619. The molecule has 2 aliphatic rings. The van der Waals surface area contributed by atoms with Crippen LogP contribution in [0.25, 0.3) is 0 Å².